The first-order chi connectivity index (χ1) is 12.5. The first kappa shape index (κ1) is 17.7. The Morgan fingerprint density at radius 2 is 1.73 bits per heavy atom. The van der Waals surface area contributed by atoms with Gasteiger partial charge in [-0.05, 0) is 48.6 Å². The number of nitriles is 1. The van der Waals surface area contributed by atoms with Crippen LogP contribution < -0.4 is 10.6 Å². The highest BCUT2D eigenvalue weighted by molar-refractivity contribution is 6.17. The molecule has 5 nitrogen and oxygen atoms in total. The molecule has 0 aliphatic heterocycles. The monoisotopic (exact) mass is 347 g/mol. The molecule has 1 aliphatic carbocycles. The molecule has 3 rings (SSSR count). The Balaban J connectivity index is 1.75. The number of anilines is 2. The zero-order chi connectivity index (χ0) is 18.7. The van der Waals surface area contributed by atoms with Gasteiger partial charge in [0.2, 0.25) is 11.8 Å². The molecule has 2 N–H and O–H groups in total. The second-order valence-electron chi connectivity index (χ2n) is 6.92. The Hall–Kier alpha value is -3.13. The van der Waals surface area contributed by atoms with Crippen LogP contribution in [0.4, 0.5) is 11.4 Å². The summed E-state index contributed by atoms with van der Waals surface area (Å²) < 4.78 is 0. The molecule has 2 aromatic carbocycles. The van der Waals surface area contributed by atoms with Crippen LogP contribution in [0.5, 0.6) is 0 Å². The van der Waals surface area contributed by atoms with Crippen LogP contribution in [0.15, 0.2) is 48.5 Å². The third kappa shape index (κ3) is 3.45. The van der Waals surface area contributed by atoms with Crippen molar-refractivity contribution >= 4 is 23.2 Å². The van der Waals surface area contributed by atoms with Crippen LogP contribution >= 0.6 is 0 Å². The molecule has 0 aromatic heterocycles. The van der Waals surface area contributed by atoms with Crippen molar-refractivity contribution in [2.75, 3.05) is 10.6 Å². The van der Waals surface area contributed by atoms with Gasteiger partial charge >= 0.3 is 0 Å². The molecule has 1 saturated carbocycles. The normalized spacial score (nSPS) is 14.4. The van der Waals surface area contributed by atoms with Crippen LogP contribution in [0.25, 0.3) is 0 Å². The van der Waals surface area contributed by atoms with E-state index < -0.39 is 5.41 Å². The van der Waals surface area contributed by atoms with E-state index in [0.717, 1.165) is 11.3 Å². The Morgan fingerprint density at radius 3 is 2.38 bits per heavy atom. The number of para-hydroxylation sites is 1. The Morgan fingerprint density at radius 1 is 1.04 bits per heavy atom. The molecule has 5 heteroatoms. The summed E-state index contributed by atoms with van der Waals surface area (Å²) in [6.45, 7) is 4.12. The van der Waals surface area contributed by atoms with Gasteiger partial charge in [0.15, 0.2) is 0 Å². The van der Waals surface area contributed by atoms with E-state index in [-0.39, 0.29) is 17.7 Å². The van der Waals surface area contributed by atoms with Crippen LogP contribution in [0, 0.1) is 16.7 Å². The fourth-order valence-corrected chi connectivity index (χ4v) is 2.96. The number of amides is 2. The van der Waals surface area contributed by atoms with Crippen molar-refractivity contribution < 1.29 is 9.59 Å². The van der Waals surface area contributed by atoms with Gasteiger partial charge in [0.05, 0.1) is 11.6 Å². The maximum absolute atomic E-state index is 12.8. The van der Waals surface area contributed by atoms with Crippen molar-refractivity contribution in [1.82, 2.24) is 0 Å². The van der Waals surface area contributed by atoms with Crippen LogP contribution in [-0.2, 0) is 9.59 Å². The minimum absolute atomic E-state index is 0.268. The fraction of sp³-hybridized carbons (Fsp3) is 0.286. The van der Waals surface area contributed by atoms with E-state index in [4.69, 9.17) is 5.26 Å². The summed E-state index contributed by atoms with van der Waals surface area (Å²) in [5.74, 6) is -0.337. The topological polar surface area (TPSA) is 82.0 Å². The minimum atomic E-state index is -1.03. The van der Waals surface area contributed by atoms with Gasteiger partial charge < -0.3 is 10.6 Å². The van der Waals surface area contributed by atoms with Crippen molar-refractivity contribution in [1.29, 1.82) is 5.26 Å². The van der Waals surface area contributed by atoms with E-state index in [0.29, 0.717) is 24.1 Å². The van der Waals surface area contributed by atoms with E-state index in [2.05, 4.69) is 24.5 Å². The van der Waals surface area contributed by atoms with Crippen molar-refractivity contribution in [3.63, 3.8) is 0 Å². The lowest BCUT2D eigenvalue weighted by molar-refractivity contribution is -0.131. The van der Waals surface area contributed by atoms with E-state index >= 15 is 0 Å². The number of benzene rings is 2. The van der Waals surface area contributed by atoms with Crippen LogP contribution in [0.1, 0.15) is 43.7 Å². The summed E-state index contributed by atoms with van der Waals surface area (Å²) in [5.41, 5.74) is 1.74. The Labute approximate surface area is 153 Å². The number of hydrogen-bond acceptors (Lipinski definition) is 3. The zero-order valence-corrected chi connectivity index (χ0v) is 14.9. The first-order valence-electron chi connectivity index (χ1n) is 8.68. The summed E-state index contributed by atoms with van der Waals surface area (Å²) in [4.78, 5) is 25.5. The maximum atomic E-state index is 12.8. The van der Waals surface area contributed by atoms with Crippen molar-refractivity contribution in [3.8, 4) is 6.07 Å². The average Bonchev–Trinajstić information content (AvgIpc) is 3.44. The smallest absolute Gasteiger partial charge is 0.240 e. The predicted molar refractivity (Wildman–Crippen MR) is 101 cm³/mol. The molecule has 2 aromatic rings. The quantitative estimate of drug-likeness (QED) is 0.801. The van der Waals surface area contributed by atoms with E-state index in [1.54, 1.807) is 24.3 Å². The van der Waals surface area contributed by atoms with Crippen LogP contribution in [0.3, 0.4) is 0 Å². The highest BCUT2D eigenvalue weighted by Crippen LogP contribution is 2.47. The summed E-state index contributed by atoms with van der Waals surface area (Å²) in [7, 11) is 0. The molecule has 0 unspecified atom stereocenters. The van der Waals surface area contributed by atoms with Gasteiger partial charge in [0.25, 0.3) is 0 Å². The molecular weight excluding hydrogens is 326 g/mol. The largest absolute Gasteiger partial charge is 0.325 e. The lowest BCUT2D eigenvalue weighted by atomic mass is 9.99. The molecule has 26 heavy (non-hydrogen) atoms. The zero-order valence-electron chi connectivity index (χ0n) is 14.9. The predicted octanol–water partition coefficient (Wildman–Crippen LogP) is 4.04. The molecule has 1 fully saturated rings. The first-order valence-corrected chi connectivity index (χ1v) is 8.68. The maximum Gasteiger partial charge on any atom is 0.240 e. The Kier molecular flexibility index (Phi) is 4.77. The third-order valence-corrected chi connectivity index (χ3v) is 4.70. The average molecular weight is 347 g/mol. The standard InChI is InChI=1S/C21H21N3O2/c1-14(2)17-8-3-4-9-18(17)24-20(26)21(10-11-21)19(25)23-16-7-5-6-15(12-16)13-22/h3-9,12,14H,10-11H2,1-2H3,(H,23,25)(H,24,26). The molecule has 0 spiro atoms. The van der Waals surface area contributed by atoms with Crippen LogP contribution in [0.2, 0.25) is 0 Å². The van der Waals surface area contributed by atoms with Gasteiger partial charge in [-0.3, -0.25) is 9.59 Å². The SMILES string of the molecule is CC(C)c1ccccc1NC(=O)C1(C(=O)Nc2cccc(C#N)c2)CC1. The molecule has 0 saturated heterocycles. The highest BCUT2D eigenvalue weighted by atomic mass is 16.2. The van der Waals surface area contributed by atoms with Gasteiger partial charge in [-0.1, -0.05) is 38.1 Å². The molecule has 0 radical (unpaired) electrons. The van der Waals surface area contributed by atoms with Gasteiger partial charge in [-0.15, -0.1) is 0 Å². The number of hydrogen-bond donors (Lipinski definition) is 2. The van der Waals surface area contributed by atoms with E-state index in [1.165, 1.54) is 0 Å². The van der Waals surface area contributed by atoms with Crippen LogP contribution in [-0.4, -0.2) is 11.8 Å². The summed E-state index contributed by atoms with van der Waals surface area (Å²) in [6, 6.07) is 16.4. The minimum Gasteiger partial charge on any atom is -0.325 e. The van der Waals surface area contributed by atoms with Crippen molar-refractivity contribution in [2.45, 2.75) is 32.6 Å². The van der Waals surface area contributed by atoms with Gasteiger partial charge in [0, 0.05) is 11.4 Å². The molecule has 1 aliphatic rings. The third-order valence-electron chi connectivity index (χ3n) is 4.70. The lowest BCUT2D eigenvalue weighted by Gasteiger charge is -2.18. The molecule has 132 valence electrons. The molecule has 2 amide bonds. The summed E-state index contributed by atoms with van der Waals surface area (Å²) in [6.07, 6.45) is 1.04. The number of nitrogens with zero attached hydrogens (tertiary/aromatic N) is 1. The number of rotatable bonds is 5. The van der Waals surface area contributed by atoms with Gasteiger partial charge in [0.1, 0.15) is 5.41 Å². The van der Waals surface area contributed by atoms with Gasteiger partial charge in [-0.25, -0.2) is 0 Å². The number of nitrogens with one attached hydrogen (secondary N) is 2. The lowest BCUT2D eigenvalue weighted by Crippen LogP contribution is -2.35. The Bertz CT molecular complexity index is 892. The second kappa shape index (κ2) is 7.01. The molecule has 0 bridgehead atoms. The van der Waals surface area contributed by atoms with Crippen molar-refractivity contribution in [2.24, 2.45) is 5.41 Å². The van der Waals surface area contributed by atoms with E-state index in [1.807, 2.05) is 30.3 Å². The fourth-order valence-electron chi connectivity index (χ4n) is 2.96. The van der Waals surface area contributed by atoms with Gasteiger partial charge in [-0.2, -0.15) is 5.26 Å². The number of carbonyl (C=O) groups is 2. The highest BCUT2D eigenvalue weighted by Gasteiger charge is 2.56. The molecule has 0 heterocycles. The second-order valence-corrected chi connectivity index (χ2v) is 6.92. The molecule has 0 atom stereocenters. The van der Waals surface area contributed by atoms with E-state index in [9.17, 15) is 9.59 Å². The van der Waals surface area contributed by atoms with Crippen molar-refractivity contribution in [3.05, 3.63) is 59.7 Å². The number of carbonyl (C=O) groups excluding carboxylic acids is 2. The summed E-state index contributed by atoms with van der Waals surface area (Å²) in [5, 5.41) is 14.7. The summed E-state index contributed by atoms with van der Waals surface area (Å²) >= 11 is 0. The molecular formula is C21H21N3O2.